The highest BCUT2D eigenvalue weighted by Crippen LogP contribution is 2.25. The zero-order chi connectivity index (χ0) is 23.3. The van der Waals surface area contributed by atoms with Gasteiger partial charge in [-0.1, -0.05) is 17.7 Å². The van der Waals surface area contributed by atoms with Gasteiger partial charge in [0.15, 0.2) is 0 Å². The average Bonchev–Trinajstić information content (AvgIpc) is 3.15. The molecule has 3 N–H and O–H groups in total. The van der Waals surface area contributed by atoms with Gasteiger partial charge in [0.2, 0.25) is 0 Å². The van der Waals surface area contributed by atoms with Gasteiger partial charge < -0.3 is 20.1 Å². The number of rotatable bonds is 4. The summed E-state index contributed by atoms with van der Waals surface area (Å²) in [6.45, 7) is 3.78. The Balaban J connectivity index is 0.000000222. The number of benzene rings is 2. The minimum atomic E-state index is -4.02. The fourth-order valence-electron chi connectivity index (χ4n) is 3.17. The molecule has 0 radical (unpaired) electrons. The van der Waals surface area contributed by atoms with Gasteiger partial charge in [0.25, 0.3) is 16.0 Å². The minimum absolute atomic E-state index is 0.0576. The molecule has 1 atom stereocenters. The van der Waals surface area contributed by atoms with E-state index in [0.717, 1.165) is 16.9 Å². The molecule has 0 saturated carbocycles. The first kappa shape index (κ1) is 23.7. The van der Waals surface area contributed by atoms with Gasteiger partial charge in [-0.2, -0.15) is 8.42 Å². The van der Waals surface area contributed by atoms with E-state index in [-0.39, 0.29) is 29.6 Å². The highest BCUT2D eigenvalue weighted by atomic mass is 32.2. The topological polar surface area (TPSA) is 139 Å². The molecular weight excluding hydrogens is 438 g/mol. The van der Waals surface area contributed by atoms with Crippen LogP contribution >= 0.6 is 0 Å². The standard InChI is InChI=1S/C14H17N3O4.C7H8O3S/c15-7-12-8-17(14(19)21-12)11-3-1-10(2-4-11)16-5-6-20-9-13(16)18;1-6-2-4-7(5-3-6)11(8,9)10/h1-4,12H,5-9,15H2;2-5H,1H3,(H,8,9,10)/t12-;/m0./s1. The van der Waals surface area contributed by atoms with Crippen molar-refractivity contribution in [3.8, 4) is 0 Å². The predicted molar refractivity (Wildman–Crippen MR) is 117 cm³/mol. The molecule has 2 heterocycles. The second-order valence-electron chi connectivity index (χ2n) is 7.25. The van der Waals surface area contributed by atoms with Gasteiger partial charge in [0, 0.05) is 24.5 Å². The number of carbonyl (C=O) groups excluding carboxylic acids is 2. The Bertz CT molecular complexity index is 1060. The van der Waals surface area contributed by atoms with Crippen LogP contribution in [0.1, 0.15) is 5.56 Å². The Kier molecular flexibility index (Phi) is 7.46. The van der Waals surface area contributed by atoms with Crippen LogP contribution in [0.3, 0.4) is 0 Å². The number of morpholine rings is 1. The summed E-state index contributed by atoms with van der Waals surface area (Å²) in [6, 6.07) is 13.2. The van der Waals surface area contributed by atoms with E-state index in [2.05, 4.69) is 0 Å². The second-order valence-corrected chi connectivity index (χ2v) is 8.68. The molecule has 4 rings (SSSR count). The van der Waals surface area contributed by atoms with Crippen LogP contribution in [-0.2, 0) is 24.4 Å². The predicted octanol–water partition coefficient (Wildman–Crippen LogP) is 1.58. The van der Waals surface area contributed by atoms with Gasteiger partial charge in [0.05, 0.1) is 18.0 Å². The van der Waals surface area contributed by atoms with Crippen LogP contribution in [0, 0.1) is 6.92 Å². The van der Waals surface area contributed by atoms with Crippen molar-refractivity contribution in [3.05, 3.63) is 54.1 Å². The van der Waals surface area contributed by atoms with Crippen molar-refractivity contribution in [2.75, 3.05) is 42.6 Å². The first-order valence-electron chi connectivity index (χ1n) is 9.89. The Morgan fingerprint density at radius 1 is 1.03 bits per heavy atom. The molecule has 0 aromatic heterocycles. The maximum absolute atomic E-state index is 11.8. The smallest absolute Gasteiger partial charge is 0.414 e. The van der Waals surface area contributed by atoms with E-state index >= 15 is 0 Å². The van der Waals surface area contributed by atoms with Crippen LogP contribution in [0.15, 0.2) is 53.4 Å². The highest BCUT2D eigenvalue weighted by Gasteiger charge is 2.31. The number of anilines is 2. The van der Waals surface area contributed by atoms with Crippen LogP contribution in [0.4, 0.5) is 16.2 Å². The molecule has 10 nitrogen and oxygen atoms in total. The van der Waals surface area contributed by atoms with Gasteiger partial charge >= 0.3 is 6.09 Å². The summed E-state index contributed by atoms with van der Waals surface area (Å²) in [5, 5.41) is 0. The molecule has 2 aliphatic rings. The van der Waals surface area contributed by atoms with Crippen LogP contribution in [0.2, 0.25) is 0 Å². The van der Waals surface area contributed by atoms with E-state index in [1.54, 1.807) is 34.1 Å². The molecule has 0 unspecified atom stereocenters. The quantitative estimate of drug-likeness (QED) is 0.652. The van der Waals surface area contributed by atoms with E-state index < -0.39 is 10.1 Å². The molecule has 32 heavy (non-hydrogen) atoms. The van der Waals surface area contributed by atoms with Crippen molar-refractivity contribution in [1.82, 2.24) is 0 Å². The number of cyclic esters (lactones) is 1. The molecule has 11 heteroatoms. The first-order valence-corrected chi connectivity index (χ1v) is 11.3. The zero-order valence-electron chi connectivity index (χ0n) is 17.5. The summed E-state index contributed by atoms with van der Waals surface area (Å²) < 4.78 is 39.8. The van der Waals surface area contributed by atoms with E-state index in [1.165, 1.54) is 12.1 Å². The van der Waals surface area contributed by atoms with Crippen LogP contribution in [0.5, 0.6) is 0 Å². The van der Waals surface area contributed by atoms with Crippen molar-refractivity contribution in [1.29, 1.82) is 0 Å². The number of hydrogen-bond acceptors (Lipinski definition) is 7. The average molecular weight is 464 g/mol. The van der Waals surface area contributed by atoms with Crippen molar-refractivity contribution < 1.29 is 32.0 Å². The maximum atomic E-state index is 11.8. The fraction of sp³-hybridized carbons (Fsp3) is 0.333. The monoisotopic (exact) mass is 463 g/mol. The number of hydrogen-bond donors (Lipinski definition) is 2. The molecule has 2 amide bonds. The van der Waals surface area contributed by atoms with Gasteiger partial charge in [0.1, 0.15) is 12.7 Å². The normalized spacial score (nSPS) is 18.8. The lowest BCUT2D eigenvalue weighted by atomic mass is 10.2. The molecule has 0 bridgehead atoms. The lowest BCUT2D eigenvalue weighted by molar-refractivity contribution is -0.125. The van der Waals surface area contributed by atoms with E-state index in [4.69, 9.17) is 19.8 Å². The number of aryl methyl sites for hydroxylation is 1. The van der Waals surface area contributed by atoms with Gasteiger partial charge in [-0.25, -0.2) is 4.79 Å². The Labute approximate surface area is 186 Å². The fourth-order valence-corrected chi connectivity index (χ4v) is 3.65. The molecule has 2 fully saturated rings. The largest absolute Gasteiger partial charge is 0.443 e. The molecule has 0 aliphatic carbocycles. The number of amides is 2. The van der Waals surface area contributed by atoms with Crippen LogP contribution in [-0.4, -0.2) is 63.9 Å². The summed E-state index contributed by atoms with van der Waals surface area (Å²) in [7, 11) is -4.02. The Hall–Kier alpha value is -2.99. The lowest BCUT2D eigenvalue weighted by Gasteiger charge is -2.27. The number of ether oxygens (including phenoxy) is 2. The molecule has 172 valence electrons. The van der Waals surface area contributed by atoms with Gasteiger partial charge in [-0.3, -0.25) is 14.2 Å². The molecule has 2 aromatic carbocycles. The summed E-state index contributed by atoms with van der Waals surface area (Å²) in [6.07, 6.45) is -0.654. The molecule has 0 spiro atoms. The Morgan fingerprint density at radius 2 is 1.62 bits per heavy atom. The van der Waals surface area contributed by atoms with E-state index in [0.29, 0.717) is 26.2 Å². The minimum Gasteiger partial charge on any atom is -0.443 e. The number of nitrogens with zero attached hydrogens (tertiary/aromatic N) is 2. The van der Waals surface area contributed by atoms with Crippen molar-refractivity contribution in [3.63, 3.8) is 0 Å². The van der Waals surface area contributed by atoms with Crippen molar-refractivity contribution in [2.24, 2.45) is 5.73 Å². The summed E-state index contributed by atoms with van der Waals surface area (Å²) >= 11 is 0. The molecule has 2 aromatic rings. The third-order valence-electron chi connectivity index (χ3n) is 4.91. The summed E-state index contributed by atoms with van der Waals surface area (Å²) in [5.41, 5.74) is 8.01. The van der Waals surface area contributed by atoms with E-state index in [9.17, 15) is 18.0 Å². The van der Waals surface area contributed by atoms with E-state index in [1.807, 2.05) is 19.1 Å². The van der Waals surface area contributed by atoms with Crippen molar-refractivity contribution in [2.45, 2.75) is 17.9 Å². The molecule has 2 aliphatic heterocycles. The van der Waals surface area contributed by atoms with Crippen LogP contribution in [0.25, 0.3) is 0 Å². The third-order valence-corrected chi connectivity index (χ3v) is 5.78. The lowest BCUT2D eigenvalue weighted by Crippen LogP contribution is -2.41. The summed E-state index contributed by atoms with van der Waals surface area (Å²) in [5.74, 6) is -0.0576. The zero-order valence-corrected chi connectivity index (χ0v) is 18.3. The van der Waals surface area contributed by atoms with Crippen LogP contribution < -0.4 is 15.5 Å². The SMILES string of the molecule is Cc1ccc(S(=O)(=O)O)cc1.NC[C@H]1CN(c2ccc(N3CCOCC3=O)cc2)C(=O)O1. The third kappa shape index (κ3) is 5.82. The van der Waals surface area contributed by atoms with Crippen molar-refractivity contribution >= 4 is 33.5 Å². The number of carbonyl (C=O) groups is 2. The van der Waals surface area contributed by atoms with Gasteiger partial charge in [-0.05, 0) is 43.3 Å². The second kappa shape index (κ2) is 10.1. The molecule has 2 saturated heterocycles. The highest BCUT2D eigenvalue weighted by molar-refractivity contribution is 7.85. The maximum Gasteiger partial charge on any atom is 0.414 e. The van der Waals surface area contributed by atoms with Gasteiger partial charge in [-0.15, -0.1) is 0 Å². The number of nitrogens with two attached hydrogens (primary N) is 1. The molecular formula is C21H25N3O7S. The summed E-state index contributed by atoms with van der Waals surface area (Å²) in [4.78, 5) is 26.7. The Morgan fingerprint density at radius 3 is 2.12 bits per heavy atom. The first-order chi connectivity index (χ1) is 15.2.